The molecule has 1 unspecified atom stereocenters. The Bertz CT molecular complexity index is 399. The highest BCUT2D eigenvalue weighted by molar-refractivity contribution is 7.13. The second-order valence-electron chi connectivity index (χ2n) is 4.49. The molecule has 17 heavy (non-hydrogen) atoms. The van der Waals surface area contributed by atoms with Gasteiger partial charge in [-0.15, -0.1) is 23.7 Å². The molecule has 94 valence electrons. The van der Waals surface area contributed by atoms with Crippen molar-refractivity contribution in [1.82, 2.24) is 10.3 Å². The number of anilines is 1. The van der Waals surface area contributed by atoms with Crippen molar-refractivity contribution in [3.63, 3.8) is 0 Å². The average molecular weight is 274 g/mol. The zero-order valence-corrected chi connectivity index (χ0v) is 11.1. The van der Waals surface area contributed by atoms with Crippen molar-refractivity contribution in [1.29, 1.82) is 0 Å². The van der Waals surface area contributed by atoms with Crippen molar-refractivity contribution in [2.75, 3.05) is 11.9 Å². The van der Waals surface area contributed by atoms with Gasteiger partial charge < -0.3 is 10.6 Å². The molecule has 1 aromatic rings. The quantitative estimate of drug-likeness (QED) is 0.887. The Hall–Kier alpha value is -0.650. The van der Waals surface area contributed by atoms with Crippen LogP contribution in [-0.4, -0.2) is 23.5 Å². The third kappa shape index (κ3) is 2.97. The Morgan fingerprint density at radius 2 is 2.29 bits per heavy atom. The molecule has 2 heterocycles. The first-order valence-electron chi connectivity index (χ1n) is 5.82. The first-order chi connectivity index (χ1) is 7.83. The molecule has 0 bridgehead atoms. The van der Waals surface area contributed by atoms with Gasteiger partial charge in [-0.3, -0.25) is 4.79 Å². The summed E-state index contributed by atoms with van der Waals surface area (Å²) in [5.41, 5.74) is 1.15. The van der Waals surface area contributed by atoms with Crippen molar-refractivity contribution in [2.24, 2.45) is 0 Å². The highest BCUT2D eigenvalue weighted by atomic mass is 35.5. The number of nitrogens with one attached hydrogen (secondary N) is 2. The summed E-state index contributed by atoms with van der Waals surface area (Å²) >= 11 is 1.53. The number of hydrogen-bond acceptors (Lipinski definition) is 4. The number of nitrogens with zero attached hydrogens (tertiary/aromatic N) is 1. The molecule has 1 aliphatic heterocycles. The van der Waals surface area contributed by atoms with Crippen molar-refractivity contribution >= 4 is 34.8 Å². The van der Waals surface area contributed by atoms with E-state index in [1.807, 2.05) is 0 Å². The van der Waals surface area contributed by atoms with E-state index in [0.717, 1.165) is 30.2 Å². The molecule has 3 rings (SSSR count). The van der Waals surface area contributed by atoms with Crippen molar-refractivity contribution in [3.05, 3.63) is 11.1 Å². The molecule has 1 amide bonds. The molecule has 1 atom stereocenters. The third-order valence-electron chi connectivity index (χ3n) is 3.12. The van der Waals surface area contributed by atoms with Gasteiger partial charge in [-0.2, -0.15) is 0 Å². The smallest absolute Gasteiger partial charge is 0.243 e. The lowest BCUT2D eigenvalue weighted by atomic mass is 10.2. The topological polar surface area (TPSA) is 54.0 Å². The number of hydrogen-bond donors (Lipinski definition) is 2. The highest BCUT2D eigenvalue weighted by Crippen LogP contribution is 2.40. The Labute approximate surface area is 111 Å². The van der Waals surface area contributed by atoms with E-state index in [4.69, 9.17) is 0 Å². The van der Waals surface area contributed by atoms with Crippen molar-refractivity contribution < 1.29 is 4.79 Å². The lowest BCUT2D eigenvalue weighted by Gasteiger charge is -2.08. The van der Waals surface area contributed by atoms with E-state index in [1.54, 1.807) is 0 Å². The summed E-state index contributed by atoms with van der Waals surface area (Å²) in [5.74, 6) is 0.723. The average Bonchev–Trinajstić information content (AvgIpc) is 2.82. The van der Waals surface area contributed by atoms with Crippen LogP contribution in [0.1, 0.15) is 37.3 Å². The lowest BCUT2D eigenvalue weighted by Crippen LogP contribution is -2.35. The minimum absolute atomic E-state index is 0. The van der Waals surface area contributed by atoms with Crippen LogP contribution in [0.4, 0.5) is 5.13 Å². The SMILES string of the molecule is Cl.O=C(Nc1nc(C2CC2)cs1)C1CCCN1. The van der Waals surface area contributed by atoms with E-state index in [9.17, 15) is 4.79 Å². The van der Waals surface area contributed by atoms with Crippen LogP contribution in [0.15, 0.2) is 5.38 Å². The van der Waals surface area contributed by atoms with Gasteiger partial charge in [-0.1, -0.05) is 0 Å². The zero-order valence-electron chi connectivity index (χ0n) is 9.44. The molecule has 0 spiro atoms. The van der Waals surface area contributed by atoms with Gasteiger partial charge in [-0.05, 0) is 32.2 Å². The summed E-state index contributed by atoms with van der Waals surface area (Å²) in [6, 6.07) is -0.0201. The lowest BCUT2D eigenvalue weighted by molar-refractivity contribution is -0.117. The van der Waals surface area contributed by atoms with Crippen molar-refractivity contribution in [3.8, 4) is 0 Å². The third-order valence-corrected chi connectivity index (χ3v) is 3.90. The van der Waals surface area contributed by atoms with Crippen molar-refractivity contribution in [2.45, 2.75) is 37.6 Å². The van der Waals surface area contributed by atoms with Gasteiger partial charge in [0.15, 0.2) is 5.13 Å². The number of carbonyl (C=O) groups is 1. The summed E-state index contributed by atoms with van der Waals surface area (Å²) in [6.45, 7) is 0.948. The predicted molar refractivity (Wildman–Crippen MR) is 71.0 cm³/mol. The molecule has 6 heteroatoms. The van der Waals surface area contributed by atoms with Gasteiger partial charge in [0.05, 0.1) is 11.7 Å². The zero-order chi connectivity index (χ0) is 11.0. The summed E-state index contributed by atoms with van der Waals surface area (Å²) < 4.78 is 0. The van der Waals surface area contributed by atoms with E-state index in [0.29, 0.717) is 5.92 Å². The number of carbonyl (C=O) groups excluding carboxylic acids is 1. The maximum absolute atomic E-state index is 11.8. The van der Waals surface area contributed by atoms with Gasteiger partial charge in [0.25, 0.3) is 0 Å². The minimum atomic E-state index is -0.0201. The van der Waals surface area contributed by atoms with Crippen LogP contribution in [0, 0.1) is 0 Å². The van der Waals surface area contributed by atoms with Gasteiger partial charge in [0.1, 0.15) is 0 Å². The van der Waals surface area contributed by atoms with E-state index < -0.39 is 0 Å². The Kier molecular flexibility index (Phi) is 4.01. The molecule has 4 nitrogen and oxygen atoms in total. The monoisotopic (exact) mass is 273 g/mol. The van der Waals surface area contributed by atoms with E-state index in [2.05, 4.69) is 21.0 Å². The fourth-order valence-electron chi connectivity index (χ4n) is 2.01. The van der Waals surface area contributed by atoms with E-state index in [1.165, 1.54) is 24.2 Å². The van der Waals surface area contributed by atoms with Gasteiger partial charge in [0, 0.05) is 11.3 Å². The summed E-state index contributed by atoms with van der Waals surface area (Å²) in [7, 11) is 0. The molecule has 0 radical (unpaired) electrons. The molecule has 1 aromatic heterocycles. The van der Waals surface area contributed by atoms with Crippen LogP contribution in [0.25, 0.3) is 0 Å². The highest BCUT2D eigenvalue weighted by Gasteiger charge is 2.27. The molecule has 1 saturated carbocycles. The molecular weight excluding hydrogens is 258 g/mol. The number of halogens is 1. The fourth-order valence-corrected chi connectivity index (χ4v) is 2.81. The predicted octanol–water partition coefficient (Wildman–Crippen LogP) is 2.13. The first-order valence-corrected chi connectivity index (χ1v) is 6.70. The van der Waals surface area contributed by atoms with Gasteiger partial charge in [-0.25, -0.2) is 4.98 Å². The van der Waals surface area contributed by atoms with Crippen LogP contribution in [-0.2, 0) is 4.79 Å². The molecule has 1 saturated heterocycles. The second-order valence-corrected chi connectivity index (χ2v) is 5.35. The number of aromatic nitrogens is 1. The Morgan fingerprint density at radius 3 is 2.94 bits per heavy atom. The van der Waals surface area contributed by atoms with E-state index in [-0.39, 0.29) is 24.4 Å². The largest absolute Gasteiger partial charge is 0.306 e. The molecule has 0 aromatic carbocycles. The first kappa shape index (κ1) is 12.8. The Morgan fingerprint density at radius 1 is 1.47 bits per heavy atom. The standard InChI is InChI=1S/C11H15N3OS.ClH/c15-10(8-2-1-5-12-8)14-11-13-9(6-16-11)7-3-4-7;/h6-8,12H,1-5H2,(H,13,14,15);1H. The molecular formula is C11H16ClN3OS. The van der Waals surface area contributed by atoms with Gasteiger partial charge >= 0.3 is 0 Å². The van der Waals surface area contributed by atoms with Crippen LogP contribution in [0.3, 0.4) is 0 Å². The van der Waals surface area contributed by atoms with Crippen LogP contribution in [0.5, 0.6) is 0 Å². The maximum atomic E-state index is 11.8. The number of rotatable bonds is 3. The fraction of sp³-hybridized carbons (Fsp3) is 0.636. The summed E-state index contributed by atoms with van der Waals surface area (Å²) in [4.78, 5) is 16.2. The number of amides is 1. The van der Waals surface area contributed by atoms with Crippen LogP contribution >= 0.6 is 23.7 Å². The minimum Gasteiger partial charge on any atom is -0.306 e. The summed E-state index contributed by atoms with van der Waals surface area (Å²) in [6.07, 6.45) is 4.53. The second kappa shape index (κ2) is 5.33. The number of thiazole rings is 1. The maximum Gasteiger partial charge on any atom is 0.243 e. The van der Waals surface area contributed by atoms with Crippen LogP contribution in [0.2, 0.25) is 0 Å². The van der Waals surface area contributed by atoms with Crippen LogP contribution < -0.4 is 10.6 Å². The molecule has 1 aliphatic carbocycles. The Balaban J connectivity index is 0.00000108. The normalized spacial score (nSPS) is 23.2. The molecule has 2 fully saturated rings. The summed E-state index contributed by atoms with van der Waals surface area (Å²) in [5, 5.41) is 8.89. The van der Waals surface area contributed by atoms with Gasteiger partial charge in [0.2, 0.25) is 5.91 Å². The van der Waals surface area contributed by atoms with E-state index >= 15 is 0 Å². The molecule has 2 N–H and O–H groups in total. The molecule has 2 aliphatic rings.